The van der Waals surface area contributed by atoms with Crippen molar-refractivity contribution in [3.63, 3.8) is 0 Å². The number of benzene rings is 3. The highest BCUT2D eigenvalue weighted by atomic mass is 35.5. The van der Waals surface area contributed by atoms with Crippen molar-refractivity contribution in [3.05, 3.63) is 74.5 Å². The number of carbonyl (C=O) groups excluding carboxylic acids is 2. The Bertz CT molecular complexity index is 1710. The zero-order valence-electron chi connectivity index (χ0n) is 22.6. The van der Waals surface area contributed by atoms with E-state index in [9.17, 15) is 22.8 Å². The molecule has 4 aromatic rings. The molecule has 0 radical (unpaired) electrons. The molecule has 1 aromatic heterocycles. The molecular formula is C29H25Cl3F3N5O3. The van der Waals surface area contributed by atoms with Gasteiger partial charge in [-0.1, -0.05) is 40.9 Å². The Morgan fingerprint density at radius 3 is 2.56 bits per heavy atom. The highest BCUT2D eigenvalue weighted by Crippen LogP contribution is 2.37. The van der Waals surface area contributed by atoms with E-state index < -0.39 is 24.8 Å². The van der Waals surface area contributed by atoms with E-state index in [4.69, 9.17) is 39.5 Å². The zero-order valence-corrected chi connectivity index (χ0v) is 24.9. The highest BCUT2D eigenvalue weighted by molar-refractivity contribution is 6.39. The third kappa shape index (κ3) is 7.29. The van der Waals surface area contributed by atoms with E-state index in [1.54, 1.807) is 23.7 Å². The number of ether oxygens (including phenoxy) is 1. The number of aromatic nitrogens is 2. The average molecular weight is 655 g/mol. The number of hydrogen-bond donors (Lipinski definition) is 3. The summed E-state index contributed by atoms with van der Waals surface area (Å²) in [5, 5.41) is 8.91. The number of anilines is 3. The summed E-state index contributed by atoms with van der Waals surface area (Å²) in [4.78, 5) is 29.9. The molecule has 3 N–H and O–H groups in total. The molecule has 1 heterocycles. The molecule has 1 saturated carbocycles. The van der Waals surface area contributed by atoms with Crippen LogP contribution in [0.15, 0.2) is 42.5 Å². The maximum Gasteiger partial charge on any atom is 0.272 e. The van der Waals surface area contributed by atoms with Gasteiger partial charge in [-0.15, -0.1) is 0 Å². The molecule has 0 saturated heterocycles. The van der Waals surface area contributed by atoms with Gasteiger partial charge in [0.25, 0.3) is 12.3 Å². The van der Waals surface area contributed by atoms with Crippen molar-refractivity contribution in [1.82, 2.24) is 14.9 Å². The minimum absolute atomic E-state index is 0.0504. The van der Waals surface area contributed by atoms with E-state index in [1.165, 1.54) is 24.3 Å². The normalized spacial score (nSPS) is 12.9. The van der Waals surface area contributed by atoms with Crippen LogP contribution in [0.25, 0.3) is 11.0 Å². The Morgan fingerprint density at radius 2 is 1.86 bits per heavy atom. The second-order valence-corrected chi connectivity index (χ2v) is 11.3. The first-order chi connectivity index (χ1) is 20.5. The number of amides is 2. The first-order valence-corrected chi connectivity index (χ1v) is 14.3. The molecule has 0 aliphatic heterocycles. The SMILES string of the molecule is Cn1c(Nc2c(Cl)ccc(CNC(=O)CC3CC3)c2Cl)nc2cc(C(=O)Nc3ccc(F)c(Cl)c3)c(OCC(F)F)cc21. The Labute approximate surface area is 259 Å². The molecule has 5 rings (SSSR count). The van der Waals surface area contributed by atoms with Crippen LogP contribution >= 0.6 is 34.8 Å². The van der Waals surface area contributed by atoms with Crippen molar-refractivity contribution < 1.29 is 27.5 Å². The predicted octanol–water partition coefficient (Wildman–Crippen LogP) is 7.73. The quantitative estimate of drug-likeness (QED) is 0.154. The summed E-state index contributed by atoms with van der Waals surface area (Å²) in [5.41, 5.74) is 1.86. The van der Waals surface area contributed by atoms with E-state index in [0.717, 1.165) is 18.9 Å². The monoisotopic (exact) mass is 653 g/mol. The fourth-order valence-corrected chi connectivity index (χ4v) is 5.07. The van der Waals surface area contributed by atoms with Crippen molar-refractivity contribution >= 4 is 75.0 Å². The van der Waals surface area contributed by atoms with Crippen molar-refractivity contribution in [1.29, 1.82) is 0 Å². The average Bonchev–Trinajstić information content (AvgIpc) is 3.72. The van der Waals surface area contributed by atoms with Gasteiger partial charge in [-0.3, -0.25) is 9.59 Å². The van der Waals surface area contributed by atoms with Crippen LogP contribution in [-0.2, 0) is 18.4 Å². The van der Waals surface area contributed by atoms with Gasteiger partial charge >= 0.3 is 0 Å². The molecule has 1 fully saturated rings. The van der Waals surface area contributed by atoms with Crippen LogP contribution in [0.5, 0.6) is 5.75 Å². The Balaban J connectivity index is 1.44. The molecule has 2 amide bonds. The van der Waals surface area contributed by atoms with Gasteiger partial charge in [-0.2, -0.15) is 0 Å². The maximum absolute atomic E-state index is 13.6. The number of nitrogens with zero attached hydrogens (tertiary/aromatic N) is 2. The first kappa shape index (κ1) is 30.8. The number of fused-ring (bicyclic) bond motifs is 1. The molecule has 226 valence electrons. The van der Waals surface area contributed by atoms with Crippen LogP contribution in [0, 0.1) is 11.7 Å². The van der Waals surface area contributed by atoms with Gasteiger partial charge < -0.3 is 25.3 Å². The number of aryl methyl sites for hydroxylation is 1. The number of carbonyl (C=O) groups is 2. The lowest BCUT2D eigenvalue weighted by Crippen LogP contribution is -2.23. The molecule has 0 bridgehead atoms. The Morgan fingerprint density at radius 1 is 1.09 bits per heavy atom. The maximum atomic E-state index is 13.6. The summed E-state index contributed by atoms with van der Waals surface area (Å²) >= 11 is 18.9. The van der Waals surface area contributed by atoms with E-state index in [1.807, 2.05) is 0 Å². The molecule has 1 aliphatic carbocycles. The van der Waals surface area contributed by atoms with Crippen LogP contribution in [0.1, 0.15) is 35.2 Å². The lowest BCUT2D eigenvalue weighted by Gasteiger charge is -2.14. The molecule has 0 unspecified atom stereocenters. The minimum atomic E-state index is -2.79. The van der Waals surface area contributed by atoms with Gasteiger partial charge in [0.1, 0.15) is 18.2 Å². The van der Waals surface area contributed by atoms with E-state index in [2.05, 4.69) is 20.9 Å². The van der Waals surface area contributed by atoms with Crippen LogP contribution < -0.4 is 20.7 Å². The number of nitrogens with one attached hydrogen (secondary N) is 3. The zero-order chi connectivity index (χ0) is 30.8. The summed E-state index contributed by atoms with van der Waals surface area (Å²) in [6, 6.07) is 9.76. The molecule has 1 aliphatic rings. The van der Waals surface area contributed by atoms with Gasteiger partial charge in [0.15, 0.2) is 0 Å². The fourth-order valence-electron chi connectivity index (χ4n) is 4.36. The topological polar surface area (TPSA) is 97.3 Å². The minimum Gasteiger partial charge on any atom is -0.487 e. The summed E-state index contributed by atoms with van der Waals surface area (Å²) < 4.78 is 46.5. The number of halogens is 6. The molecule has 0 atom stereocenters. The molecule has 43 heavy (non-hydrogen) atoms. The van der Waals surface area contributed by atoms with Crippen LogP contribution in [0.4, 0.5) is 30.5 Å². The largest absolute Gasteiger partial charge is 0.487 e. The van der Waals surface area contributed by atoms with Gasteiger partial charge in [-0.25, -0.2) is 18.2 Å². The lowest BCUT2D eigenvalue weighted by atomic mass is 10.1. The van der Waals surface area contributed by atoms with Crippen molar-refractivity contribution in [2.45, 2.75) is 32.2 Å². The van der Waals surface area contributed by atoms with Gasteiger partial charge in [0.05, 0.1) is 37.4 Å². The smallest absolute Gasteiger partial charge is 0.272 e. The van der Waals surface area contributed by atoms with E-state index >= 15 is 0 Å². The molecule has 8 nitrogen and oxygen atoms in total. The van der Waals surface area contributed by atoms with Crippen LogP contribution in [0.2, 0.25) is 15.1 Å². The Hall–Kier alpha value is -3.67. The Kier molecular flexibility index (Phi) is 9.24. The van der Waals surface area contributed by atoms with E-state index in [-0.39, 0.29) is 45.4 Å². The van der Waals surface area contributed by atoms with Gasteiger partial charge in [0.2, 0.25) is 11.9 Å². The molecule has 14 heteroatoms. The fraction of sp³-hybridized carbons (Fsp3) is 0.276. The summed E-state index contributed by atoms with van der Waals surface area (Å²) in [6.45, 7) is -0.742. The van der Waals surface area contributed by atoms with Gasteiger partial charge in [0, 0.05) is 31.8 Å². The number of alkyl halides is 2. The van der Waals surface area contributed by atoms with Crippen molar-refractivity contribution in [2.75, 3.05) is 17.2 Å². The summed E-state index contributed by atoms with van der Waals surface area (Å²) in [7, 11) is 1.67. The van der Waals surface area contributed by atoms with Crippen molar-refractivity contribution in [3.8, 4) is 5.75 Å². The third-order valence-corrected chi connectivity index (χ3v) is 7.86. The van der Waals surface area contributed by atoms with Crippen molar-refractivity contribution in [2.24, 2.45) is 13.0 Å². The molecule has 3 aromatic carbocycles. The standard InChI is InChI=1S/C29H25Cl3F3N5O3/c1-40-22-11-23(43-13-24(34)35)17(28(42)37-16-5-7-20(33)19(31)9-16)10-21(22)38-29(40)39-27-18(30)6-4-15(26(27)32)12-36-25(41)8-14-2-3-14/h4-7,9-11,14,24H,2-3,8,12-13H2,1H3,(H,36,41)(H,37,42)(H,38,39). The highest BCUT2D eigenvalue weighted by Gasteiger charge is 2.25. The number of imidazole rings is 1. The second-order valence-electron chi connectivity index (χ2n) is 10.1. The third-order valence-electron chi connectivity index (χ3n) is 6.82. The van der Waals surface area contributed by atoms with E-state index in [0.29, 0.717) is 39.6 Å². The second kappa shape index (κ2) is 12.9. The predicted molar refractivity (Wildman–Crippen MR) is 161 cm³/mol. The molecular weight excluding hydrogens is 630 g/mol. The van der Waals surface area contributed by atoms with Crippen LogP contribution in [-0.4, -0.2) is 34.4 Å². The summed E-state index contributed by atoms with van der Waals surface area (Å²) in [5.74, 6) is -0.823. The first-order valence-electron chi connectivity index (χ1n) is 13.2. The number of hydrogen-bond acceptors (Lipinski definition) is 5. The molecule has 0 spiro atoms. The lowest BCUT2D eigenvalue weighted by molar-refractivity contribution is -0.121. The van der Waals surface area contributed by atoms with Crippen LogP contribution in [0.3, 0.4) is 0 Å². The van der Waals surface area contributed by atoms with Gasteiger partial charge in [-0.05, 0) is 54.7 Å². The summed E-state index contributed by atoms with van der Waals surface area (Å²) in [6.07, 6.45) is -0.176. The number of rotatable bonds is 11.